The van der Waals surface area contributed by atoms with Crippen LogP contribution in [0.5, 0.6) is 0 Å². The number of halogens is 1. The molecule has 0 radical (unpaired) electrons. The van der Waals surface area contributed by atoms with Gasteiger partial charge in [-0.05, 0) is 30.7 Å². The first-order chi connectivity index (χ1) is 9.19. The van der Waals surface area contributed by atoms with Gasteiger partial charge in [-0.1, -0.05) is 35.0 Å². The molecule has 96 valence electrons. The number of imidazole rings is 1. The third-order valence-electron chi connectivity index (χ3n) is 3.19. The molecule has 0 atom stereocenters. The van der Waals surface area contributed by atoms with Crippen molar-refractivity contribution < 1.29 is 0 Å². The number of anilines is 1. The molecule has 0 bridgehead atoms. The van der Waals surface area contributed by atoms with E-state index in [0.29, 0.717) is 0 Å². The Bertz CT molecular complexity index is 729. The summed E-state index contributed by atoms with van der Waals surface area (Å²) in [4.78, 5) is 4.72. The smallest absolute Gasteiger partial charge is 0.137 e. The van der Waals surface area contributed by atoms with E-state index >= 15 is 0 Å². The van der Waals surface area contributed by atoms with Crippen LogP contribution in [0.15, 0.2) is 47.1 Å². The van der Waals surface area contributed by atoms with Crippen molar-refractivity contribution in [3.05, 3.63) is 52.8 Å². The highest BCUT2D eigenvalue weighted by atomic mass is 79.9. The SMILES string of the molecule is CCc1c(-c2ccc(Br)cc2)nc2ccc(N)cn12. The molecule has 0 spiro atoms. The number of hydrogen-bond donors (Lipinski definition) is 1. The predicted octanol–water partition coefficient (Wildman–Crippen LogP) is 3.91. The minimum Gasteiger partial charge on any atom is -0.398 e. The highest BCUT2D eigenvalue weighted by Gasteiger charge is 2.12. The van der Waals surface area contributed by atoms with Crippen LogP contribution in [-0.2, 0) is 6.42 Å². The molecule has 2 aromatic heterocycles. The van der Waals surface area contributed by atoms with Crippen molar-refractivity contribution >= 4 is 27.3 Å². The van der Waals surface area contributed by atoms with Crippen molar-refractivity contribution in [2.45, 2.75) is 13.3 Å². The van der Waals surface area contributed by atoms with E-state index in [-0.39, 0.29) is 0 Å². The van der Waals surface area contributed by atoms with Crippen LogP contribution in [0, 0.1) is 0 Å². The normalized spacial score (nSPS) is 11.1. The summed E-state index contributed by atoms with van der Waals surface area (Å²) < 4.78 is 3.15. The molecule has 0 unspecified atom stereocenters. The molecule has 0 aliphatic carbocycles. The predicted molar refractivity (Wildman–Crippen MR) is 82.1 cm³/mol. The number of pyridine rings is 1. The van der Waals surface area contributed by atoms with Crippen molar-refractivity contribution in [1.82, 2.24) is 9.38 Å². The molecule has 0 aliphatic heterocycles. The summed E-state index contributed by atoms with van der Waals surface area (Å²) in [7, 11) is 0. The third-order valence-corrected chi connectivity index (χ3v) is 3.72. The summed E-state index contributed by atoms with van der Waals surface area (Å²) in [6.07, 6.45) is 2.85. The zero-order chi connectivity index (χ0) is 13.4. The van der Waals surface area contributed by atoms with Gasteiger partial charge in [-0.25, -0.2) is 4.98 Å². The molecular formula is C15H14BrN3. The summed E-state index contributed by atoms with van der Waals surface area (Å²) >= 11 is 3.46. The molecule has 3 aromatic rings. The number of nitrogen functional groups attached to an aromatic ring is 1. The first-order valence-corrected chi connectivity index (χ1v) is 7.00. The molecule has 0 aliphatic rings. The maximum atomic E-state index is 5.86. The molecule has 1 aromatic carbocycles. The highest BCUT2D eigenvalue weighted by Crippen LogP contribution is 2.26. The van der Waals surface area contributed by atoms with Gasteiger partial charge < -0.3 is 10.1 Å². The molecule has 4 heteroatoms. The fraction of sp³-hybridized carbons (Fsp3) is 0.133. The van der Waals surface area contributed by atoms with Crippen molar-refractivity contribution in [2.24, 2.45) is 0 Å². The number of benzene rings is 1. The van der Waals surface area contributed by atoms with Gasteiger partial charge in [0.15, 0.2) is 0 Å². The lowest BCUT2D eigenvalue weighted by Crippen LogP contribution is -1.95. The van der Waals surface area contributed by atoms with Gasteiger partial charge in [-0.15, -0.1) is 0 Å². The molecule has 19 heavy (non-hydrogen) atoms. The van der Waals surface area contributed by atoms with E-state index in [2.05, 4.69) is 39.4 Å². The summed E-state index contributed by atoms with van der Waals surface area (Å²) in [6.45, 7) is 2.13. The quantitative estimate of drug-likeness (QED) is 0.779. The van der Waals surface area contributed by atoms with Gasteiger partial charge >= 0.3 is 0 Å². The van der Waals surface area contributed by atoms with Gasteiger partial charge in [-0.2, -0.15) is 0 Å². The van der Waals surface area contributed by atoms with Crippen LogP contribution in [0.2, 0.25) is 0 Å². The minimum atomic E-state index is 0.752. The van der Waals surface area contributed by atoms with E-state index in [1.807, 2.05) is 30.5 Å². The number of rotatable bonds is 2. The largest absolute Gasteiger partial charge is 0.398 e. The first kappa shape index (κ1) is 12.2. The number of fused-ring (bicyclic) bond motifs is 1. The number of aryl methyl sites for hydroxylation is 1. The Labute approximate surface area is 120 Å². The molecule has 0 amide bonds. The summed E-state index contributed by atoms with van der Waals surface area (Å²) in [5.41, 5.74) is 10.9. The van der Waals surface area contributed by atoms with Gasteiger partial charge in [0.1, 0.15) is 5.65 Å². The van der Waals surface area contributed by atoms with Crippen LogP contribution in [0.3, 0.4) is 0 Å². The molecule has 0 saturated carbocycles. The Morgan fingerprint density at radius 2 is 1.89 bits per heavy atom. The number of hydrogen-bond acceptors (Lipinski definition) is 2. The lowest BCUT2D eigenvalue weighted by atomic mass is 10.1. The first-order valence-electron chi connectivity index (χ1n) is 6.21. The minimum absolute atomic E-state index is 0.752. The van der Waals surface area contributed by atoms with Crippen molar-refractivity contribution in [3.63, 3.8) is 0 Å². The van der Waals surface area contributed by atoms with Crippen molar-refractivity contribution in [3.8, 4) is 11.3 Å². The Morgan fingerprint density at radius 3 is 2.58 bits per heavy atom. The van der Waals surface area contributed by atoms with Gasteiger partial charge in [0.25, 0.3) is 0 Å². The van der Waals surface area contributed by atoms with Gasteiger partial charge in [0.05, 0.1) is 11.4 Å². The molecular weight excluding hydrogens is 302 g/mol. The van der Waals surface area contributed by atoms with Crippen LogP contribution in [0.1, 0.15) is 12.6 Å². The maximum absolute atomic E-state index is 5.86. The van der Waals surface area contributed by atoms with E-state index in [4.69, 9.17) is 10.7 Å². The lowest BCUT2D eigenvalue weighted by Gasteiger charge is -2.03. The monoisotopic (exact) mass is 315 g/mol. The second-order valence-corrected chi connectivity index (χ2v) is 5.37. The average molecular weight is 316 g/mol. The molecule has 0 saturated heterocycles. The van der Waals surface area contributed by atoms with E-state index in [1.54, 1.807) is 0 Å². The number of nitrogens with zero attached hydrogens (tertiary/aromatic N) is 2. The summed E-state index contributed by atoms with van der Waals surface area (Å²) in [6, 6.07) is 12.1. The molecule has 3 rings (SSSR count). The molecule has 2 heterocycles. The topological polar surface area (TPSA) is 43.3 Å². The zero-order valence-electron chi connectivity index (χ0n) is 10.6. The van der Waals surface area contributed by atoms with E-state index in [1.165, 1.54) is 5.69 Å². The van der Waals surface area contributed by atoms with E-state index in [0.717, 1.165) is 33.5 Å². The van der Waals surface area contributed by atoms with Gasteiger partial charge in [0.2, 0.25) is 0 Å². The van der Waals surface area contributed by atoms with Crippen LogP contribution in [-0.4, -0.2) is 9.38 Å². The number of nitrogens with two attached hydrogens (primary N) is 1. The fourth-order valence-electron chi connectivity index (χ4n) is 2.29. The Balaban J connectivity index is 2.25. The molecule has 0 fully saturated rings. The van der Waals surface area contributed by atoms with Crippen molar-refractivity contribution in [2.75, 3.05) is 5.73 Å². The van der Waals surface area contributed by atoms with Crippen LogP contribution in [0.25, 0.3) is 16.9 Å². The highest BCUT2D eigenvalue weighted by molar-refractivity contribution is 9.10. The maximum Gasteiger partial charge on any atom is 0.137 e. The lowest BCUT2D eigenvalue weighted by molar-refractivity contribution is 0.999. The van der Waals surface area contributed by atoms with Gasteiger partial charge in [0, 0.05) is 21.9 Å². The zero-order valence-corrected chi connectivity index (χ0v) is 12.2. The second kappa shape index (κ2) is 4.70. The third kappa shape index (κ3) is 2.12. The summed E-state index contributed by atoms with van der Waals surface area (Å²) in [5.74, 6) is 0. The fourth-order valence-corrected chi connectivity index (χ4v) is 2.55. The van der Waals surface area contributed by atoms with E-state index in [9.17, 15) is 0 Å². The standard InChI is InChI=1S/C15H14BrN3/c1-2-13-15(10-3-5-11(16)6-4-10)18-14-8-7-12(17)9-19(13)14/h3-9H,2,17H2,1H3. The Kier molecular flexibility index (Phi) is 3.03. The van der Waals surface area contributed by atoms with Crippen LogP contribution in [0.4, 0.5) is 5.69 Å². The number of aromatic nitrogens is 2. The summed E-state index contributed by atoms with van der Waals surface area (Å²) in [5, 5.41) is 0. The Morgan fingerprint density at radius 1 is 1.16 bits per heavy atom. The van der Waals surface area contributed by atoms with Crippen molar-refractivity contribution in [1.29, 1.82) is 0 Å². The Hall–Kier alpha value is -1.81. The molecule has 3 nitrogen and oxygen atoms in total. The average Bonchev–Trinajstić information content (AvgIpc) is 2.77. The van der Waals surface area contributed by atoms with Crippen LogP contribution >= 0.6 is 15.9 Å². The second-order valence-electron chi connectivity index (χ2n) is 4.46. The van der Waals surface area contributed by atoms with E-state index < -0.39 is 0 Å². The van der Waals surface area contributed by atoms with Crippen LogP contribution < -0.4 is 5.73 Å². The van der Waals surface area contributed by atoms with Gasteiger partial charge in [-0.3, -0.25) is 0 Å². The molecule has 2 N–H and O–H groups in total.